The molecule has 1 aromatic rings. The molecule has 38 heavy (non-hydrogen) atoms. The van der Waals surface area contributed by atoms with Crippen LogP contribution in [0.3, 0.4) is 0 Å². The number of pyridine rings is 1. The lowest BCUT2D eigenvalue weighted by Crippen LogP contribution is -2.53. The average Bonchev–Trinajstić information content (AvgIpc) is 3.20. The van der Waals surface area contributed by atoms with Gasteiger partial charge in [0.1, 0.15) is 11.4 Å². The number of aliphatic hydroxyl groups is 1. The molecule has 0 spiro atoms. The van der Waals surface area contributed by atoms with Gasteiger partial charge in [0.25, 0.3) is 5.91 Å². The molecule has 9 heteroatoms. The molecule has 0 unspecified atom stereocenters. The molecule has 0 aliphatic heterocycles. The topological polar surface area (TPSA) is 80.7 Å². The number of amides is 1. The van der Waals surface area contributed by atoms with Gasteiger partial charge in [-0.15, -0.1) is 13.2 Å². The molecule has 1 aromatic heterocycles. The first-order chi connectivity index (χ1) is 17.9. The Hall–Kier alpha value is -1.87. The number of carbonyl (C=O) groups is 1. The number of aromatic nitrogens is 1. The number of fused-ring (bicyclic) bond motifs is 5. The highest BCUT2D eigenvalue weighted by Crippen LogP contribution is 2.65. The summed E-state index contributed by atoms with van der Waals surface area (Å²) >= 11 is 0. The number of nitrogens with zero attached hydrogens (tertiary/aromatic N) is 1. The van der Waals surface area contributed by atoms with E-state index >= 15 is 0 Å². The Morgan fingerprint density at radius 1 is 1.13 bits per heavy atom. The van der Waals surface area contributed by atoms with Crippen LogP contribution in [0.4, 0.5) is 13.2 Å². The molecule has 5 rings (SSSR count). The number of nitrogens with one attached hydrogen (secondary N) is 1. The molecule has 4 aliphatic rings. The largest absolute Gasteiger partial charge is 0.573 e. The maximum atomic E-state index is 12.9. The maximum absolute atomic E-state index is 12.9. The normalized spacial score (nSPS) is 39.4. The van der Waals surface area contributed by atoms with E-state index in [2.05, 4.69) is 28.9 Å². The standard InChI is InChI=1S/C29H41F3N2O4/c1-17(34-26(35)25-9-5-19(15-33-25)38-29(30,31)32)23-7-8-24-22-6-4-18-14-28(36,16-37-3)13-11-20(18)21(22)10-12-27(23,24)2/h5,9,15,17-18,20-24,36H,4,6-8,10-14,16H2,1-3H3,(H,34,35)/t17-,18-,20+,21-,22-,23-,24+,27-,28-/m1/s1. The fourth-order valence-corrected chi connectivity index (χ4v) is 9.31. The van der Waals surface area contributed by atoms with Gasteiger partial charge < -0.3 is 19.9 Å². The lowest BCUT2D eigenvalue weighted by Gasteiger charge is -2.57. The highest BCUT2D eigenvalue weighted by atomic mass is 19.4. The van der Waals surface area contributed by atoms with Crippen molar-refractivity contribution in [2.75, 3.05) is 13.7 Å². The lowest BCUT2D eigenvalue weighted by molar-refractivity contribution is -0.274. The quantitative estimate of drug-likeness (QED) is 0.483. The summed E-state index contributed by atoms with van der Waals surface area (Å²) in [5, 5.41) is 14.1. The van der Waals surface area contributed by atoms with E-state index in [1.165, 1.54) is 31.7 Å². The third-order valence-corrected chi connectivity index (χ3v) is 10.8. The summed E-state index contributed by atoms with van der Waals surface area (Å²) in [6.45, 7) is 4.90. The minimum absolute atomic E-state index is 0.0583. The molecule has 0 aromatic carbocycles. The van der Waals surface area contributed by atoms with E-state index in [9.17, 15) is 23.1 Å². The summed E-state index contributed by atoms with van der Waals surface area (Å²) in [6, 6.07) is 2.33. The minimum Gasteiger partial charge on any atom is -0.404 e. The Kier molecular flexibility index (Phi) is 7.48. The van der Waals surface area contributed by atoms with Crippen LogP contribution in [0.5, 0.6) is 5.75 Å². The molecule has 4 saturated carbocycles. The van der Waals surface area contributed by atoms with Gasteiger partial charge in [0.05, 0.1) is 18.4 Å². The number of methoxy groups -OCH3 is 1. The molecule has 1 heterocycles. The van der Waals surface area contributed by atoms with Gasteiger partial charge in [-0.2, -0.15) is 0 Å². The molecule has 4 fully saturated rings. The average molecular weight is 539 g/mol. The Bertz CT molecular complexity index is 1000. The molecular weight excluding hydrogens is 497 g/mol. The first-order valence-corrected chi connectivity index (χ1v) is 14.2. The van der Waals surface area contributed by atoms with Gasteiger partial charge in [0, 0.05) is 13.2 Å². The Morgan fingerprint density at radius 2 is 1.89 bits per heavy atom. The zero-order chi connectivity index (χ0) is 27.3. The highest BCUT2D eigenvalue weighted by molar-refractivity contribution is 5.92. The molecule has 2 N–H and O–H groups in total. The third-order valence-electron chi connectivity index (χ3n) is 10.8. The maximum Gasteiger partial charge on any atom is 0.573 e. The van der Waals surface area contributed by atoms with E-state index in [1.807, 2.05) is 0 Å². The fraction of sp³-hybridized carbons (Fsp3) is 0.793. The number of alkyl halides is 3. The molecule has 0 bridgehead atoms. The lowest BCUT2D eigenvalue weighted by atomic mass is 9.48. The van der Waals surface area contributed by atoms with Gasteiger partial charge in [0.2, 0.25) is 0 Å². The van der Waals surface area contributed by atoms with Crippen molar-refractivity contribution in [2.45, 2.75) is 89.6 Å². The van der Waals surface area contributed by atoms with Crippen molar-refractivity contribution < 1.29 is 32.5 Å². The second kappa shape index (κ2) is 10.3. The zero-order valence-corrected chi connectivity index (χ0v) is 22.6. The van der Waals surface area contributed by atoms with Gasteiger partial charge in [-0.1, -0.05) is 6.92 Å². The molecule has 9 atom stereocenters. The number of ether oxygens (including phenoxy) is 2. The summed E-state index contributed by atoms with van der Waals surface area (Å²) in [5.74, 6) is 2.89. The van der Waals surface area contributed by atoms with Gasteiger partial charge in [-0.05, 0) is 118 Å². The van der Waals surface area contributed by atoms with Crippen molar-refractivity contribution >= 4 is 5.91 Å². The minimum atomic E-state index is -4.79. The third kappa shape index (κ3) is 5.29. The first-order valence-electron chi connectivity index (χ1n) is 14.2. The van der Waals surface area contributed by atoms with E-state index in [4.69, 9.17) is 4.74 Å². The van der Waals surface area contributed by atoms with Crippen LogP contribution in [-0.4, -0.2) is 47.7 Å². The summed E-state index contributed by atoms with van der Waals surface area (Å²) < 4.78 is 46.4. The van der Waals surface area contributed by atoms with Crippen molar-refractivity contribution in [3.8, 4) is 5.75 Å². The number of rotatable bonds is 6. The predicted octanol–water partition coefficient (Wildman–Crippen LogP) is 5.74. The van der Waals surface area contributed by atoms with Gasteiger partial charge in [-0.3, -0.25) is 4.79 Å². The van der Waals surface area contributed by atoms with Crippen LogP contribution in [0.25, 0.3) is 0 Å². The number of hydrogen-bond acceptors (Lipinski definition) is 5. The van der Waals surface area contributed by atoms with E-state index < -0.39 is 17.7 Å². The Balaban J connectivity index is 1.22. The number of carbonyl (C=O) groups excluding carboxylic acids is 1. The van der Waals surface area contributed by atoms with E-state index in [0.717, 1.165) is 50.3 Å². The van der Waals surface area contributed by atoms with Crippen LogP contribution in [0, 0.1) is 40.9 Å². The second-order valence-corrected chi connectivity index (χ2v) is 12.8. The second-order valence-electron chi connectivity index (χ2n) is 12.8. The van der Waals surface area contributed by atoms with Crippen LogP contribution in [0.2, 0.25) is 0 Å². The van der Waals surface area contributed by atoms with Crippen LogP contribution >= 0.6 is 0 Å². The SMILES string of the molecule is COC[C@@]1(O)CC[C@H]2[C@H](CC[C@@H]3[C@@H]2CC[C@]2(C)[C@@H]([C@@H](C)NC(=O)c4ccc(OC(F)(F)F)cn4)CC[C@@H]32)C1. The summed E-state index contributed by atoms with van der Waals surface area (Å²) in [6.07, 6.45) is 5.92. The molecule has 0 radical (unpaired) electrons. The fourth-order valence-electron chi connectivity index (χ4n) is 9.31. The van der Waals surface area contributed by atoms with Gasteiger partial charge >= 0.3 is 6.36 Å². The van der Waals surface area contributed by atoms with Crippen molar-refractivity contribution in [3.63, 3.8) is 0 Å². The van der Waals surface area contributed by atoms with Crippen LogP contribution in [0.15, 0.2) is 18.3 Å². The van der Waals surface area contributed by atoms with Crippen molar-refractivity contribution in [1.82, 2.24) is 10.3 Å². The highest BCUT2D eigenvalue weighted by Gasteiger charge is 2.58. The van der Waals surface area contributed by atoms with Crippen LogP contribution in [0.1, 0.15) is 82.1 Å². The predicted molar refractivity (Wildman–Crippen MR) is 135 cm³/mol. The zero-order valence-electron chi connectivity index (χ0n) is 22.6. The molecule has 1 amide bonds. The van der Waals surface area contributed by atoms with Crippen molar-refractivity contribution in [3.05, 3.63) is 24.0 Å². The molecule has 6 nitrogen and oxygen atoms in total. The summed E-state index contributed by atoms with van der Waals surface area (Å²) in [7, 11) is 1.67. The van der Waals surface area contributed by atoms with Crippen LogP contribution in [-0.2, 0) is 4.74 Å². The molecule has 4 aliphatic carbocycles. The van der Waals surface area contributed by atoms with Gasteiger partial charge in [-0.25, -0.2) is 4.98 Å². The molecule has 212 valence electrons. The van der Waals surface area contributed by atoms with Crippen molar-refractivity contribution in [1.29, 1.82) is 0 Å². The van der Waals surface area contributed by atoms with Crippen LogP contribution < -0.4 is 10.1 Å². The monoisotopic (exact) mass is 538 g/mol. The Morgan fingerprint density at radius 3 is 2.58 bits per heavy atom. The van der Waals surface area contributed by atoms with Gasteiger partial charge in [0.15, 0.2) is 0 Å². The van der Waals surface area contributed by atoms with E-state index in [1.54, 1.807) is 7.11 Å². The molecule has 0 saturated heterocycles. The summed E-state index contributed by atoms with van der Waals surface area (Å²) in [5.41, 5.74) is -0.429. The first kappa shape index (κ1) is 27.7. The van der Waals surface area contributed by atoms with Crippen molar-refractivity contribution in [2.24, 2.45) is 40.9 Å². The Labute approximate surface area is 223 Å². The van der Waals surface area contributed by atoms with E-state index in [-0.39, 0.29) is 23.1 Å². The summed E-state index contributed by atoms with van der Waals surface area (Å²) in [4.78, 5) is 16.8. The van der Waals surface area contributed by atoms with E-state index in [0.29, 0.717) is 36.2 Å². The smallest absolute Gasteiger partial charge is 0.404 e. The number of halogens is 3. The number of hydrogen-bond donors (Lipinski definition) is 2. The molecular formula is C29H41F3N2O4.